The summed E-state index contributed by atoms with van der Waals surface area (Å²) in [5.41, 5.74) is -1.00. The molecule has 1 rings (SSSR count). The van der Waals surface area contributed by atoms with Gasteiger partial charge in [0.05, 0.1) is 11.5 Å². The van der Waals surface area contributed by atoms with E-state index >= 15 is 0 Å². The Labute approximate surface area is 78.0 Å². The van der Waals surface area contributed by atoms with Crippen LogP contribution in [0.25, 0.3) is 0 Å². The number of amides is 1. The summed E-state index contributed by atoms with van der Waals surface area (Å²) in [5, 5.41) is 21.3. The van der Waals surface area contributed by atoms with Gasteiger partial charge in [-0.25, -0.2) is 0 Å². The molecule has 1 amide bonds. The Morgan fingerprint density at radius 2 is 2.15 bits per heavy atom. The van der Waals surface area contributed by atoms with Crippen LogP contribution in [0.4, 0.5) is 0 Å². The third kappa shape index (κ3) is 1.84. The molecule has 0 aliphatic carbocycles. The van der Waals surface area contributed by atoms with Gasteiger partial charge in [-0.2, -0.15) is 0 Å². The van der Waals surface area contributed by atoms with Crippen molar-refractivity contribution in [1.82, 2.24) is 5.32 Å². The highest BCUT2D eigenvalue weighted by molar-refractivity contribution is 5.87. The maximum atomic E-state index is 11.2. The molecule has 0 aromatic rings. The SMILES string of the molecule is C[C@@H](CO)[C@H]1NC(=O)[C@H]1C(C)(C)O. The number of nitrogens with one attached hydrogen (secondary N) is 1. The molecule has 0 spiro atoms. The largest absolute Gasteiger partial charge is 0.396 e. The van der Waals surface area contributed by atoms with E-state index < -0.39 is 11.5 Å². The molecule has 4 nitrogen and oxygen atoms in total. The molecule has 0 aromatic carbocycles. The van der Waals surface area contributed by atoms with Crippen molar-refractivity contribution in [3.63, 3.8) is 0 Å². The molecule has 0 unspecified atom stereocenters. The Morgan fingerprint density at radius 3 is 2.46 bits per heavy atom. The van der Waals surface area contributed by atoms with Crippen molar-refractivity contribution in [2.75, 3.05) is 6.61 Å². The number of hydrogen-bond donors (Lipinski definition) is 3. The molecule has 0 bridgehead atoms. The molecule has 1 saturated heterocycles. The number of aliphatic hydroxyl groups is 2. The molecule has 3 N–H and O–H groups in total. The first kappa shape index (κ1) is 10.5. The highest BCUT2D eigenvalue weighted by atomic mass is 16.3. The van der Waals surface area contributed by atoms with Crippen molar-refractivity contribution in [3.8, 4) is 0 Å². The number of β-lactam (4-membered cyclic amide) rings is 1. The summed E-state index contributed by atoms with van der Waals surface area (Å²) in [6, 6.07) is -0.0995. The van der Waals surface area contributed by atoms with Crippen LogP contribution >= 0.6 is 0 Å². The van der Waals surface area contributed by atoms with E-state index in [0.29, 0.717) is 0 Å². The fraction of sp³-hybridized carbons (Fsp3) is 0.889. The van der Waals surface area contributed by atoms with Crippen molar-refractivity contribution in [2.24, 2.45) is 11.8 Å². The highest BCUT2D eigenvalue weighted by Crippen LogP contribution is 2.31. The molecule has 0 saturated carbocycles. The summed E-state index contributed by atoms with van der Waals surface area (Å²) in [7, 11) is 0. The van der Waals surface area contributed by atoms with Gasteiger partial charge in [-0.05, 0) is 13.8 Å². The van der Waals surface area contributed by atoms with Crippen molar-refractivity contribution in [1.29, 1.82) is 0 Å². The standard InChI is InChI=1S/C9H17NO3/c1-5(4-11)7-6(8(12)10-7)9(2,3)13/h5-7,11,13H,4H2,1-3H3,(H,10,12)/t5-,6-,7+/m0/s1. The summed E-state index contributed by atoms with van der Waals surface area (Å²) in [5.74, 6) is -0.526. The van der Waals surface area contributed by atoms with Crippen molar-refractivity contribution in [3.05, 3.63) is 0 Å². The lowest BCUT2D eigenvalue weighted by Crippen LogP contribution is -2.67. The lowest BCUT2D eigenvalue weighted by atomic mass is 9.73. The fourth-order valence-electron chi connectivity index (χ4n) is 1.75. The topological polar surface area (TPSA) is 69.6 Å². The molecular formula is C9H17NO3. The van der Waals surface area contributed by atoms with E-state index in [2.05, 4.69) is 5.32 Å². The van der Waals surface area contributed by atoms with Crippen molar-refractivity contribution < 1.29 is 15.0 Å². The average Bonchev–Trinajstić information content (AvgIpc) is 1.95. The minimum absolute atomic E-state index is 0.00544. The molecule has 1 fully saturated rings. The minimum Gasteiger partial charge on any atom is -0.396 e. The van der Waals surface area contributed by atoms with Gasteiger partial charge in [0, 0.05) is 18.6 Å². The third-order valence-electron chi connectivity index (χ3n) is 2.61. The Morgan fingerprint density at radius 1 is 1.62 bits per heavy atom. The summed E-state index contributed by atoms with van der Waals surface area (Å²) in [6.07, 6.45) is 0. The highest BCUT2D eigenvalue weighted by Gasteiger charge is 2.49. The van der Waals surface area contributed by atoms with E-state index in [4.69, 9.17) is 5.11 Å². The Balaban J connectivity index is 2.67. The second-order valence-electron chi connectivity index (χ2n) is 4.33. The van der Waals surface area contributed by atoms with Crippen molar-refractivity contribution in [2.45, 2.75) is 32.4 Å². The van der Waals surface area contributed by atoms with Crippen LogP contribution in [-0.4, -0.2) is 34.4 Å². The summed E-state index contributed by atoms with van der Waals surface area (Å²) < 4.78 is 0. The minimum atomic E-state index is -1.00. The average molecular weight is 187 g/mol. The van der Waals surface area contributed by atoms with E-state index in [0.717, 1.165) is 0 Å². The van der Waals surface area contributed by atoms with Crippen LogP contribution in [0.15, 0.2) is 0 Å². The molecule has 1 heterocycles. The molecule has 1 aliphatic heterocycles. The van der Waals surface area contributed by atoms with Gasteiger partial charge in [-0.1, -0.05) is 6.92 Å². The van der Waals surface area contributed by atoms with Gasteiger partial charge in [-0.15, -0.1) is 0 Å². The van der Waals surface area contributed by atoms with Crippen LogP contribution in [0.3, 0.4) is 0 Å². The molecule has 0 aromatic heterocycles. The lowest BCUT2D eigenvalue weighted by Gasteiger charge is -2.45. The molecule has 76 valence electrons. The van der Waals surface area contributed by atoms with Crippen LogP contribution in [0, 0.1) is 11.8 Å². The summed E-state index contributed by atoms with van der Waals surface area (Å²) in [4.78, 5) is 11.2. The molecule has 4 heteroatoms. The van der Waals surface area contributed by atoms with Gasteiger partial charge in [0.2, 0.25) is 5.91 Å². The van der Waals surface area contributed by atoms with Crippen LogP contribution in [0.5, 0.6) is 0 Å². The van der Waals surface area contributed by atoms with Gasteiger partial charge in [0.15, 0.2) is 0 Å². The number of carbonyl (C=O) groups excluding carboxylic acids is 1. The second kappa shape index (κ2) is 3.27. The van der Waals surface area contributed by atoms with E-state index in [1.54, 1.807) is 13.8 Å². The maximum absolute atomic E-state index is 11.2. The number of aliphatic hydroxyl groups excluding tert-OH is 1. The second-order valence-corrected chi connectivity index (χ2v) is 4.33. The van der Waals surface area contributed by atoms with Crippen LogP contribution in [-0.2, 0) is 4.79 Å². The number of rotatable bonds is 3. The molecular weight excluding hydrogens is 170 g/mol. The predicted octanol–water partition coefficient (Wildman–Crippen LogP) is -0.500. The lowest BCUT2D eigenvalue weighted by molar-refractivity contribution is -0.151. The van der Waals surface area contributed by atoms with Crippen LogP contribution in [0.2, 0.25) is 0 Å². The number of carbonyl (C=O) groups is 1. The van der Waals surface area contributed by atoms with Crippen LogP contribution < -0.4 is 5.32 Å². The Bertz CT molecular complexity index is 209. The molecule has 3 atom stereocenters. The van der Waals surface area contributed by atoms with Gasteiger partial charge < -0.3 is 15.5 Å². The first-order chi connectivity index (χ1) is 5.88. The van der Waals surface area contributed by atoms with Gasteiger partial charge >= 0.3 is 0 Å². The molecule has 13 heavy (non-hydrogen) atoms. The quantitative estimate of drug-likeness (QED) is 0.522. The van der Waals surface area contributed by atoms with Gasteiger partial charge in [0.25, 0.3) is 0 Å². The van der Waals surface area contributed by atoms with Crippen molar-refractivity contribution >= 4 is 5.91 Å². The third-order valence-corrected chi connectivity index (χ3v) is 2.61. The fourth-order valence-corrected chi connectivity index (χ4v) is 1.75. The summed E-state index contributed by atoms with van der Waals surface area (Å²) in [6.45, 7) is 5.11. The zero-order chi connectivity index (χ0) is 10.2. The van der Waals surface area contributed by atoms with E-state index in [-0.39, 0.29) is 24.5 Å². The normalized spacial score (nSPS) is 30.7. The Kier molecular flexibility index (Phi) is 2.63. The predicted molar refractivity (Wildman–Crippen MR) is 48.0 cm³/mol. The number of hydrogen-bond acceptors (Lipinski definition) is 3. The van der Waals surface area contributed by atoms with Gasteiger partial charge in [-0.3, -0.25) is 4.79 Å². The first-order valence-corrected chi connectivity index (χ1v) is 4.51. The van der Waals surface area contributed by atoms with E-state index in [1.165, 1.54) is 0 Å². The molecule has 0 radical (unpaired) electrons. The van der Waals surface area contributed by atoms with E-state index in [1.807, 2.05) is 6.92 Å². The first-order valence-electron chi connectivity index (χ1n) is 4.51. The van der Waals surface area contributed by atoms with Gasteiger partial charge in [0.1, 0.15) is 0 Å². The van der Waals surface area contributed by atoms with E-state index in [9.17, 15) is 9.90 Å². The zero-order valence-electron chi connectivity index (χ0n) is 8.24. The van der Waals surface area contributed by atoms with Crippen LogP contribution in [0.1, 0.15) is 20.8 Å². The summed E-state index contributed by atoms with van der Waals surface area (Å²) >= 11 is 0. The monoisotopic (exact) mass is 187 g/mol. The molecule has 1 aliphatic rings. The maximum Gasteiger partial charge on any atom is 0.228 e. The zero-order valence-corrected chi connectivity index (χ0v) is 8.24. The Hall–Kier alpha value is -0.610. The smallest absolute Gasteiger partial charge is 0.228 e.